The monoisotopic (exact) mass is 677 g/mol. The molecular weight excluding hydrogens is 639 g/mol. The van der Waals surface area contributed by atoms with Crippen molar-refractivity contribution in [3.63, 3.8) is 0 Å². The Labute approximate surface area is 310 Å². The zero-order valence-corrected chi connectivity index (χ0v) is 30.5. The number of hydrogen-bond acceptors (Lipinski definition) is 1. The molecule has 9 aromatic rings. The molecule has 0 heterocycles. The van der Waals surface area contributed by atoms with Crippen LogP contribution in [-0.4, -0.2) is 0 Å². The third kappa shape index (κ3) is 4.03. The number of benzene rings is 9. The fourth-order valence-corrected chi connectivity index (χ4v) is 10.1. The number of fused-ring (bicyclic) bond motifs is 13. The lowest BCUT2D eigenvalue weighted by molar-refractivity contribution is 0.661. The Kier molecular flexibility index (Phi) is 6.14. The number of anilines is 3. The first-order chi connectivity index (χ1) is 25.8. The summed E-state index contributed by atoms with van der Waals surface area (Å²) in [7, 11) is 0. The van der Waals surface area contributed by atoms with Crippen LogP contribution in [0.25, 0.3) is 65.3 Å². The minimum absolute atomic E-state index is 0.190. The van der Waals surface area contributed by atoms with Crippen molar-refractivity contribution in [1.82, 2.24) is 0 Å². The highest BCUT2D eigenvalue weighted by Crippen LogP contribution is 2.60. The molecule has 1 heteroatoms. The molecule has 1 nitrogen and oxygen atoms in total. The summed E-state index contributed by atoms with van der Waals surface area (Å²) >= 11 is 0. The largest absolute Gasteiger partial charge is 0.309 e. The predicted octanol–water partition coefficient (Wildman–Crippen LogP) is 14.4. The summed E-state index contributed by atoms with van der Waals surface area (Å²) in [4.78, 5) is 2.60. The van der Waals surface area contributed by atoms with Gasteiger partial charge in [0.2, 0.25) is 0 Å². The second-order valence-electron chi connectivity index (χ2n) is 16.1. The molecule has 0 N–H and O–H groups in total. The van der Waals surface area contributed by atoms with Gasteiger partial charge in [0.15, 0.2) is 0 Å². The van der Waals surface area contributed by atoms with Crippen molar-refractivity contribution >= 4 is 60.2 Å². The molecular formula is C52H39N. The topological polar surface area (TPSA) is 3.24 Å². The molecule has 0 fully saturated rings. The summed E-state index contributed by atoms with van der Waals surface area (Å²) in [6, 6.07) is 61.4. The highest BCUT2D eigenvalue weighted by atomic mass is 15.1. The zero-order valence-electron chi connectivity index (χ0n) is 30.5. The van der Waals surface area contributed by atoms with E-state index in [9.17, 15) is 0 Å². The Morgan fingerprint density at radius 2 is 0.925 bits per heavy atom. The Bertz CT molecular complexity index is 3000. The molecule has 9 aromatic carbocycles. The predicted molar refractivity (Wildman–Crippen MR) is 226 cm³/mol. The van der Waals surface area contributed by atoms with Gasteiger partial charge in [-0.2, -0.15) is 0 Å². The van der Waals surface area contributed by atoms with Crippen LogP contribution in [0.4, 0.5) is 17.1 Å². The Hall–Kier alpha value is -6.18. The summed E-state index contributed by atoms with van der Waals surface area (Å²) in [5, 5.41) is 10.3. The van der Waals surface area contributed by atoms with Crippen molar-refractivity contribution in [3.8, 4) is 22.3 Å². The average molecular weight is 678 g/mol. The molecule has 0 unspecified atom stereocenters. The molecule has 2 aliphatic carbocycles. The molecule has 11 rings (SSSR count). The van der Waals surface area contributed by atoms with Crippen molar-refractivity contribution < 1.29 is 0 Å². The van der Waals surface area contributed by atoms with Crippen LogP contribution >= 0.6 is 0 Å². The third-order valence-electron chi connectivity index (χ3n) is 12.5. The van der Waals surface area contributed by atoms with Gasteiger partial charge in [0.1, 0.15) is 0 Å². The van der Waals surface area contributed by atoms with Crippen LogP contribution in [0.15, 0.2) is 164 Å². The fourth-order valence-electron chi connectivity index (χ4n) is 10.1. The highest BCUT2D eigenvalue weighted by molar-refractivity contribution is 6.18. The quantitative estimate of drug-likeness (QED) is 0.180. The van der Waals surface area contributed by atoms with Crippen molar-refractivity contribution in [2.24, 2.45) is 0 Å². The minimum atomic E-state index is -0.197. The van der Waals surface area contributed by atoms with Crippen LogP contribution in [0.3, 0.4) is 0 Å². The van der Waals surface area contributed by atoms with E-state index in [-0.39, 0.29) is 10.8 Å². The van der Waals surface area contributed by atoms with Crippen LogP contribution in [0.1, 0.15) is 49.9 Å². The first-order valence-corrected chi connectivity index (χ1v) is 18.9. The Balaban J connectivity index is 1.30. The molecule has 0 aromatic heterocycles. The van der Waals surface area contributed by atoms with Crippen molar-refractivity contribution in [2.75, 3.05) is 4.90 Å². The van der Waals surface area contributed by atoms with E-state index in [0.29, 0.717) is 0 Å². The smallest absolute Gasteiger partial charge is 0.0621 e. The maximum absolute atomic E-state index is 2.60. The standard InChI is InChI=1S/C52H39N/c1-51(2)42-29-27-32-16-8-11-21-36(32)46(42)47-40-25-15-14-24-39(40)45(31-44(47)51)53(35-19-6-5-7-20-35)50-38-23-13-10-18-34(38)30-43-48(50)41-28-26-33-17-9-12-22-37(33)49(41)52(43,3)4/h5-31H,1-4H3. The van der Waals surface area contributed by atoms with E-state index in [1.54, 1.807) is 0 Å². The van der Waals surface area contributed by atoms with Crippen LogP contribution in [0.5, 0.6) is 0 Å². The van der Waals surface area contributed by atoms with Crippen LogP contribution < -0.4 is 4.90 Å². The third-order valence-corrected chi connectivity index (χ3v) is 12.5. The SMILES string of the molecule is CC1(C)c2ccc3ccccc3c2-c2c1cc(N(c1ccccc1)c1c3c(cc4ccccc14)C(C)(C)c1c-3ccc3ccccc13)c1ccccc21. The van der Waals surface area contributed by atoms with Gasteiger partial charge < -0.3 is 4.90 Å². The van der Waals surface area contributed by atoms with E-state index in [1.165, 1.54) is 99.0 Å². The summed E-state index contributed by atoms with van der Waals surface area (Å²) in [5.41, 5.74) is 14.2. The molecule has 0 radical (unpaired) electrons. The first kappa shape index (κ1) is 30.4. The normalized spacial score (nSPS) is 14.7. The first-order valence-electron chi connectivity index (χ1n) is 18.9. The molecule has 252 valence electrons. The van der Waals surface area contributed by atoms with Gasteiger partial charge >= 0.3 is 0 Å². The van der Waals surface area contributed by atoms with Gasteiger partial charge in [-0.15, -0.1) is 0 Å². The van der Waals surface area contributed by atoms with Crippen molar-refractivity contribution in [1.29, 1.82) is 0 Å². The van der Waals surface area contributed by atoms with Gasteiger partial charge in [-0.25, -0.2) is 0 Å². The van der Waals surface area contributed by atoms with Gasteiger partial charge in [-0.3, -0.25) is 0 Å². The van der Waals surface area contributed by atoms with Crippen LogP contribution in [0, 0.1) is 0 Å². The van der Waals surface area contributed by atoms with E-state index < -0.39 is 0 Å². The lowest BCUT2D eigenvalue weighted by Crippen LogP contribution is -2.18. The number of rotatable bonds is 3. The fraction of sp³-hybridized carbons (Fsp3) is 0.115. The molecule has 53 heavy (non-hydrogen) atoms. The number of para-hydroxylation sites is 1. The molecule has 0 amide bonds. The van der Waals surface area contributed by atoms with Gasteiger partial charge in [0.25, 0.3) is 0 Å². The molecule has 0 atom stereocenters. The van der Waals surface area contributed by atoms with E-state index in [4.69, 9.17) is 0 Å². The number of nitrogens with zero attached hydrogens (tertiary/aromatic N) is 1. The lowest BCUT2D eigenvalue weighted by Gasteiger charge is -2.33. The van der Waals surface area contributed by atoms with E-state index in [2.05, 4.69) is 196 Å². The lowest BCUT2D eigenvalue weighted by atomic mass is 9.79. The molecule has 2 aliphatic rings. The van der Waals surface area contributed by atoms with Crippen molar-refractivity contribution in [3.05, 3.63) is 186 Å². The van der Waals surface area contributed by atoms with E-state index >= 15 is 0 Å². The number of hydrogen-bond donors (Lipinski definition) is 0. The zero-order chi connectivity index (χ0) is 35.6. The Morgan fingerprint density at radius 1 is 0.377 bits per heavy atom. The molecule has 0 saturated carbocycles. The molecule has 0 bridgehead atoms. The average Bonchev–Trinajstić information content (AvgIpc) is 3.57. The highest BCUT2D eigenvalue weighted by Gasteiger charge is 2.42. The summed E-state index contributed by atoms with van der Waals surface area (Å²) < 4.78 is 0. The minimum Gasteiger partial charge on any atom is -0.309 e. The van der Waals surface area contributed by atoms with Gasteiger partial charge in [0.05, 0.1) is 11.4 Å². The van der Waals surface area contributed by atoms with Crippen LogP contribution in [-0.2, 0) is 10.8 Å². The van der Waals surface area contributed by atoms with E-state index in [1.807, 2.05) is 0 Å². The second-order valence-corrected chi connectivity index (χ2v) is 16.1. The van der Waals surface area contributed by atoms with Gasteiger partial charge in [-0.05, 0) is 95.5 Å². The Morgan fingerprint density at radius 3 is 1.68 bits per heavy atom. The van der Waals surface area contributed by atoms with Gasteiger partial charge in [-0.1, -0.05) is 167 Å². The van der Waals surface area contributed by atoms with Crippen LogP contribution in [0.2, 0.25) is 0 Å². The van der Waals surface area contributed by atoms with E-state index in [0.717, 1.165) is 5.69 Å². The summed E-state index contributed by atoms with van der Waals surface area (Å²) in [6.07, 6.45) is 0. The summed E-state index contributed by atoms with van der Waals surface area (Å²) in [5.74, 6) is 0. The maximum atomic E-state index is 2.60. The summed E-state index contributed by atoms with van der Waals surface area (Å²) in [6.45, 7) is 9.67. The van der Waals surface area contributed by atoms with Gasteiger partial charge in [0, 0.05) is 32.9 Å². The molecule has 0 spiro atoms. The molecule has 0 aliphatic heterocycles. The van der Waals surface area contributed by atoms with Crippen molar-refractivity contribution in [2.45, 2.75) is 38.5 Å². The maximum Gasteiger partial charge on any atom is 0.0621 e. The second kappa shape index (κ2) is 10.7. The molecule has 0 saturated heterocycles.